The zero-order valence-corrected chi connectivity index (χ0v) is 10.6. The first kappa shape index (κ1) is 14.6. The van der Waals surface area contributed by atoms with Gasteiger partial charge in [-0.1, -0.05) is 20.8 Å². The van der Waals surface area contributed by atoms with Crippen LogP contribution < -0.4 is 5.32 Å². The fourth-order valence-corrected chi connectivity index (χ4v) is 0.511. The van der Waals surface area contributed by atoms with Gasteiger partial charge in [0.15, 0.2) is 0 Å². The van der Waals surface area contributed by atoms with E-state index in [9.17, 15) is 4.79 Å². The summed E-state index contributed by atoms with van der Waals surface area (Å²) in [4.78, 5) is 10.2. The second-order valence-electron chi connectivity index (χ2n) is 3.18. The molecular formula is C8H17N2ORe-. The van der Waals surface area contributed by atoms with E-state index in [0.29, 0.717) is 13.1 Å². The molecule has 1 saturated heterocycles. The Kier molecular flexibility index (Phi) is 11.2. The van der Waals surface area contributed by atoms with Crippen LogP contribution in [0.1, 0.15) is 20.8 Å². The molecule has 1 aliphatic rings. The van der Waals surface area contributed by atoms with E-state index in [1.54, 1.807) is 0 Å². The van der Waals surface area contributed by atoms with E-state index in [1.807, 2.05) is 0 Å². The Morgan fingerprint density at radius 2 is 1.92 bits per heavy atom. The van der Waals surface area contributed by atoms with Crippen molar-refractivity contribution >= 4 is 5.91 Å². The topological polar surface area (TPSA) is 43.2 Å². The summed E-state index contributed by atoms with van der Waals surface area (Å²) in [5.74, 6) is 0.811. The van der Waals surface area contributed by atoms with Gasteiger partial charge < -0.3 is 15.4 Å². The van der Waals surface area contributed by atoms with Crippen LogP contribution in [0.3, 0.4) is 0 Å². The minimum absolute atomic E-state index is 0. The summed E-state index contributed by atoms with van der Waals surface area (Å²) in [6.07, 6.45) is 0. The number of rotatable bonds is 0. The molecule has 1 heterocycles. The molecule has 1 fully saturated rings. The number of amides is 1. The van der Waals surface area contributed by atoms with Crippen molar-refractivity contribution in [2.45, 2.75) is 20.8 Å². The molecule has 0 unspecified atom stereocenters. The van der Waals surface area contributed by atoms with Crippen LogP contribution >= 0.6 is 0 Å². The van der Waals surface area contributed by atoms with Crippen molar-refractivity contribution in [3.05, 3.63) is 5.32 Å². The first-order chi connectivity index (χ1) is 5.13. The van der Waals surface area contributed by atoms with Crippen LogP contribution in [0, 0.1) is 5.92 Å². The van der Waals surface area contributed by atoms with Crippen molar-refractivity contribution < 1.29 is 25.2 Å². The Hall–Kier alpha value is 0.0923. The molecule has 0 atom stereocenters. The number of nitrogens with zero attached hydrogens (tertiary/aromatic N) is 1. The van der Waals surface area contributed by atoms with Crippen molar-refractivity contribution in [2.75, 3.05) is 19.6 Å². The fraction of sp³-hybridized carbons (Fsp3) is 0.875. The molecule has 1 aliphatic heterocycles. The Morgan fingerprint density at radius 1 is 1.42 bits per heavy atom. The Balaban J connectivity index is 0. The number of carbonyl (C=O) groups excluding carboxylic acids is 1. The average molecular weight is 343 g/mol. The molecule has 1 amide bonds. The van der Waals surface area contributed by atoms with Crippen LogP contribution in [0.5, 0.6) is 0 Å². The van der Waals surface area contributed by atoms with Gasteiger partial charge in [0.1, 0.15) is 0 Å². The predicted octanol–water partition coefficient (Wildman–Crippen LogP) is 1.15. The largest absolute Gasteiger partial charge is 0.651 e. The van der Waals surface area contributed by atoms with Gasteiger partial charge in [0.25, 0.3) is 0 Å². The van der Waals surface area contributed by atoms with Gasteiger partial charge in [0.05, 0.1) is 5.91 Å². The molecule has 1 radical (unpaired) electrons. The molecule has 0 aromatic rings. The van der Waals surface area contributed by atoms with Crippen molar-refractivity contribution in [1.29, 1.82) is 0 Å². The zero-order valence-electron chi connectivity index (χ0n) is 7.93. The third-order valence-corrected chi connectivity index (χ3v) is 0.853. The summed E-state index contributed by atoms with van der Waals surface area (Å²) in [6.45, 7) is 8.44. The summed E-state index contributed by atoms with van der Waals surface area (Å²) in [6, 6.07) is 0. The Morgan fingerprint density at radius 3 is 2.08 bits per heavy atom. The molecule has 1 N–H and O–H groups in total. The van der Waals surface area contributed by atoms with Crippen LogP contribution in [-0.2, 0) is 25.2 Å². The average Bonchev–Trinajstić information content (AvgIpc) is 1.87. The fourth-order valence-electron chi connectivity index (χ4n) is 0.511. The van der Waals surface area contributed by atoms with Crippen LogP contribution in [-0.4, -0.2) is 25.5 Å². The van der Waals surface area contributed by atoms with E-state index in [4.69, 9.17) is 0 Å². The van der Waals surface area contributed by atoms with Crippen LogP contribution in [0.4, 0.5) is 0 Å². The smallest absolute Gasteiger partial charge is 0.0652 e. The van der Waals surface area contributed by atoms with E-state index < -0.39 is 0 Å². The van der Waals surface area contributed by atoms with E-state index in [-0.39, 0.29) is 26.3 Å². The van der Waals surface area contributed by atoms with Crippen molar-refractivity contribution in [1.82, 2.24) is 5.32 Å². The number of hydrogen-bond acceptors (Lipinski definition) is 2. The molecule has 1 rings (SSSR count). The van der Waals surface area contributed by atoms with Crippen LogP contribution in [0.15, 0.2) is 0 Å². The molecule has 0 bridgehead atoms. The molecule has 0 spiro atoms. The van der Waals surface area contributed by atoms with E-state index in [1.165, 1.54) is 0 Å². The third kappa shape index (κ3) is 12.7. The summed E-state index contributed by atoms with van der Waals surface area (Å²) in [5, 5.41) is 6.52. The maximum absolute atomic E-state index is 10.2. The van der Waals surface area contributed by atoms with E-state index in [2.05, 4.69) is 31.4 Å². The quantitative estimate of drug-likeness (QED) is 0.717. The number of piperazine rings is 1. The maximum atomic E-state index is 10.2. The normalized spacial score (nSPS) is 15.5. The third-order valence-electron chi connectivity index (χ3n) is 0.853. The molecule has 4 heteroatoms. The molecule has 0 aromatic carbocycles. The molecule has 0 aliphatic carbocycles. The first-order valence-electron chi connectivity index (χ1n) is 4.04. The van der Waals surface area contributed by atoms with Crippen LogP contribution in [0.25, 0.3) is 5.32 Å². The van der Waals surface area contributed by atoms with E-state index >= 15 is 0 Å². The van der Waals surface area contributed by atoms with E-state index in [0.717, 1.165) is 12.5 Å². The van der Waals surface area contributed by atoms with Crippen LogP contribution in [0.2, 0.25) is 0 Å². The van der Waals surface area contributed by atoms with Gasteiger partial charge in [-0.15, -0.1) is 6.54 Å². The van der Waals surface area contributed by atoms with Gasteiger partial charge in [0, 0.05) is 27.0 Å². The van der Waals surface area contributed by atoms with Gasteiger partial charge in [-0.25, -0.2) is 0 Å². The molecule has 0 aromatic heterocycles. The minimum atomic E-state index is -0.0220. The Labute approximate surface area is 88.3 Å². The van der Waals surface area contributed by atoms with Gasteiger partial charge in [-0.3, -0.25) is 0 Å². The second kappa shape index (κ2) is 9.18. The predicted molar refractivity (Wildman–Crippen MR) is 46.6 cm³/mol. The first-order valence-corrected chi connectivity index (χ1v) is 4.04. The number of carbonyl (C=O) groups is 1. The molecule has 0 saturated carbocycles. The van der Waals surface area contributed by atoms with Gasteiger partial charge in [-0.2, -0.15) is 0 Å². The van der Waals surface area contributed by atoms with Crippen molar-refractivity contribution in [3.63, 3.8) is 0 Å². The van der Waals surface area contributed by atoms with Gasteiger partial charge >= 0.3 is 0 Å². The monoisotopic (exact) mass is 344 g/mol. The summed E-state index contributed by atoms with van der Waals surface area (Å²) >= 11 is 0. The minimum Gasteiger partial charge on any atom is -0.651 e. The second-order valence-corrected chi connectivity index (χ2v) is 3.18. The zero-order chi connectivity index (χ0) is 8.69. The molecule has 3 nitrogen and oxygen atoms in total. The van der Waals surface area contributed by atoms with Crippen molar-refractivity contribution in [2.24, 2.45) is 5.92 Å². The summed E-state index contributed by atoms with van der Waals surface area (Å²) < 4.78 is 0. The number of hydrogen-bond donors (Lipinski definition) is 1. The van der Waals surface area contributed by atoms with Gasteiger partial charge in [-0.05, 0) is 12.5 Å². The standard InChI is InChI=1S/C4H8N2O.C4H10.Re/c7-4-3-5-1-2-6-4;1-4(2)3;/h5H,1-3H2,(H,6,7);4H,1-3H3;/p-1. The maximum Gasteiger partial charge on any atom is 0.0652 e. The summed E-state index contributed by atoms with van der Waals surface area (Å²) in [5.41, 5.74) is 0. The SMILES string of the molecule is CC(C)C.O=C1CNCC[N-]1.[Re]. The van der Waals surface area contributed by atoms with Gasteiger partial charge in [0.2, 0.25) is 0 Å². The molecule has 12 heavy (non-hydrogen) atoms. The van der Waals surface area contributed by atoms with Crippen molar-refractivity contribution in [3.8, 4) is 0 Å². The summed E-state index contributed by atoms with van der Waals surface area (Å²) in [7, 11) is 0. The Bertz CT molecular complexity index is 107. The molecule has 73 valence electrons. The number of nitrogens with one attached hydrogen (secondary N) is 1. The molecular weight excluding hydrogens is 326 g/mol.